The molecule has 6 heteroatoms. The molecule has 1 amide bonds. The van der Waals surface area contributed by atoms with E-state index >= 15 is 0 Å². The van der Waals surface area contributed by atoms with E-state index in [1.54, 1.807) is 12.1 Å². The summed E-state index contributed by atoms with van der Waals surface area (Å²) in [6.45, 7) is 6.31. The molecule has 0 aliphatic rings. The summed E-state index contributed by atoms with van der Waals surface area (Å²) in [5.41, 5.74) is 7.80. The van der Waals surface area contributed by atoms with Crippen molar-refractivity contribution >= 4 is 17.5 Å². The number of nitrogens with one attached hydrogen (secondary N) is 1. The van der Waals surface area contributed by atoms with Gasteiger partial charge in [-0.25, -0.2) is 0 Å². The van der Waals surface area contributed by atoms with E-state index in [-0.39, 0.29) is 0 Å². The molecule has 0 radical (unpaired) electrons. The van der Waals surface area contributed by atoms with Crippen LogP contribution in [0.5, 0.6) is 11.5 Å². The average molecular weight is 377 g/mol. The molecule has 3 N–H and O–H groups in total. The highest BCUT2D eigenvalue weighted by Crippen LogP contribution is 2.36. The zero-order valence-corrected chi connectivity index (χ0v) is 15.9. The number of carbonyl (C=O) groups is 1. The molecule has 0 atom stereocenters. The second-order valence-corrected chi connectivity index (χ2v) is 6.26. The number of hydrogen-bond acceptors (Lipinski definition) is 4. The minimum Gasteiger partial charge on any atom is -0.490 e. The first-order valence-corrected chi connectivity index (χ1v) is 9.10. The Bertz CT molecular complexity index is 750. The highest BCUT2D eigenvalue weighted by molar-refractivity contribution is 6.32. The number of halogens is 1. The van der Waals surface area contributed by atoms with Crippen molar-refractivity contribution in [3.05, 3.63) is 58.1 Å². The lowest BCUT2D eigenvalue weighted by Crippen LogP contribution is -2.15. The lowest BCUT2D eigenvalue weighted by Gasteiger charge is -2.15. The van der Waals surface area contributed by atoms with Crippen LogP contribution in [0, 0.1) is 0 Å². The number of carbonyl (C=O) groups excluding carboxylic acids is 1. The molecule has 0 unspecified atom stereocenters. The minimum atomic E-state index is -0.428. The molecule has 2 aromatic carbocycles. The van der Waals surface area contributed by atoms with Crippen molar-refractivity contribution in [3.63, 3.8) is 0 Å². The molecule has 140 valence electrons. The first-order chi connectivity index (χ1) is 12.5. The molecule has 0 aromatic heterocycles. The average Bonchev–Trinajstić information content (AvgIpc) is 2.61. The Balaban J connectivity index is 2.05. The molecule has 0 heterocycles. The molecule has 2 rings (SSSR count). The SMILES string of the molecule is CCCOc1c(Cl)cc(CNCc2cccc(C(N)=O)c2)cc1OCC. The zero-order valence-electron chi connectivity index (χ0n) is 15.2. The third-order valence-corrected chi connectivity index (χ3v) is 3.97. The fourth-order valence-electron chi connectivity index (χ4n) is 2.52. The van der Waals surface area contributed by atoms with Gasteiger partial charge >= 0.3 is 0 Å². The molecule has 0 fully saturated rings. The molecule has 0 bridgehead atoms. The molecule has 0 saturated carbocycles. The molecular weight excluding hydrogens is 352 g/mol. The second kappa shape index (κ2) is 10.0. The molecule has 5 nitrogen and oxygen atoms in total. The van der Waals surface area contributed by atoms with Crippen LogP contribution >= 0.6 is 11.6 Å². The van der Waals surface area contributed by atoms with Gasteiger partial charge in [0, 0.05) is 18.7 Å². The topological polar surface area (TPSA) is 73.6 Å². The Morgan fingerprint density at radius 1 is 1.12 bits per heavy atom. The Hall–Kier alpha value is -2.24. The molecule has 0 saturated heterocycles. The summed E-state index contributed by atoms with van der Waals surface area (Å²) in [4.78, 5) is 11.3. The van der Waals surface area contributed by atoms with Gasteiger partial charge in [0.25, 0.3) is 0 Å². The van der Waals surface area contributed by atoms with Gasteiger partial charge < -0.3 is 20.5 Å². The van der Waals surface area contributed by atoms with Gasteiger partial charge in [-0.1, -0.05) is 30.7 Å². The van der Waals surface area contributed by atoms with Crippen molar-refractivity contribution in [2.45, 2.75) is 33.4 Å². The Morgan fingerprint density at radius 2 is 1.88 bits per heavy atom. The molecule has 0 spiro atoms. The van der Waals surface area contributed by atoms with Crippen molar-refractivity contribution in [2.24, 2.45) is 5.73 Å². The smallest absolute Gasteiger partial charge is 0.248 e. The maximum Gasteiger partial charge on any atom is 0.248 e. The summed E-state index contributed by atoms with van der Waals surface area (Å²) in [7, 11) is 0. The highest BCUT2D eigenvalue weighted by Gasteiger charge is 2.12. The fraction of sp³-hybridized carbons (Fsp3) is 0.350. The second-order valence-electron chi connectivity index (χ2n) is 5.85. The maximum absolute atomic E-state index is 11.3. The lowest BCUT2D eigenvalue weighted by molar-refractivity contribution is 0.1000. The number of ether oxygens (including phenoxy) is 2. The van der Waals surface area contributed by atoms with E-state index in [0.717, 1.165) is 17.5 Å². The third kappa shape index (κ3) is 5.64. The predicted octanol–water partition coefficient (Wildman–Crippen LogP) is 3.92. The number of rotatable bonds is 10. The van der Waals surface area contributed by atoms with E-state index in [4.69, 9.17) is 26.8 Å². The van der Waals surface area contributed by atoms with E-state index < -0.39 is 5.91 Å². The maximum atomic E-state index is 11.3. The highest BCUT2D eigenvalue weighted by atomic mass is 35.5. The van der Waals surface area contributed by atoms with E-state index in [0.29, 0.717) is 48.4 Å². The van der Waals surface area contributed by atoms with E-state index in [1.165, 1.54) is 0 Å². The zero-order chi connectivity index (χ0) is 18.9. The summed E-state index contributed by atoms with van der Waals surface area (Å²) < 4.78 is 11.4. The van der Waals surface area contributed by atoms with E-state index in [1.807, 2.05) is 38.1 Å². The van der Waals surface area contributed by atoms with Crippen LogP contribution in [0.2, 0.25) is 5.02 Å². The molecule has 26 heavy (non-hydrogen) atoms. The standard InChI is InChI=1S/C20H25ClN2O3/c1-3-8-26-19-17(21)10-15(11-18(19)25-4-2)13-23-12-14-6-5-7-16(9-14)20(22)24/h5-7,9-11,23H,3-4,8,12-13H2,1-2H3,(H2,22,24). The van der Waals surface area contributed by atoms with Gasteiger partial charge in [0.1, 0.15) is 0 Å². The van der Waals surface area contributed by atoms with Gasteiger partial charge in [0.15, 0.2) is 11.5 Å². The summed E-state index contributed by atoms with van der Waals surface area (Å²) in [6.07, 6.45) is 0.898. The van der Waals surface area contributed by atoms with Crippen molar-refractivity contribution < 1.29 is 14.3 Å². The van der Waals surface area contributed by atoms with Gasteiger partial charge in [-0.05, 0) is 48.7 Å². The van der Waals surface area contributed by atoms with Crippen LogP contribution in [0.15, 0.2) is 36.4 Å². The number of nitrogens with two attached hydrogens (primary N) is 1. The Labute approximate surface area is 159 Å². The molecule has 0 aliphatic heterocycles. The lowest BCUT2D eigenvalue weighted by atomic mass is 10.1. The van der Waals surface area contributed by atoms with Gasteiger partial charge in [-0.2, -0.15) is 0 Å². The quantitative estimate of drug-likeness (QED) is 0.659. The first kappa shape index (κ1) is 20.1. The number of primary amides is 1. The monoisotopic (exact) mass is 376 g/mol. The summed E-state index contributed by atoms with van der Waals surface area (Å²) >= 11 is 6.37. The van der Waals surface area contributed by atoms with Crippen LogP contribution in [-0.4, -0.2) is 19.1 Å². The van der Waals surface area contributed by atoms with Gasteiger partial charge in [0.2, 0.25) is 5.91 Å². The minimum absolute atomic E-state index is 0.428. The number of hydrogen-bond donors (Lipinski definition) is 2. The molecular formula is C20H25ClN2O3. The van der Waals surface area contributed by atoms with Crippen molar-refractivity contribution in [1.82, 2.24) is 5.32 Å². The Morgan fingerprint density at radius 3 is 2.58 bits per heavy atom. The van der Waals surface area contributed by atoms with Crippen molar-refractivity contribution in [1.29, 1.82) is 0 Å². The van der Waals surface area contributed by atoms with Crippen LogP contribution in [0.1, 0.15) is 41.8 Å². The van der Waals surface area contributed by atoms with Crippen LogP contribution in [0.4, 0.5) is 0 Å². The van der Waals surface area contributed by atoms with Crippen LogP contribution in [-0.2, 0) is 13.1 Å². The van der Waals surface area contributed by atoms with Gasteiger partial charge in [0.05, 0.1) is 18.2 Å². The predicted molar refractivity (Wildman–Crippen MR) is 104 cm³/mol. The molecule has 0 aliphatic carbocycles. The molecule has 2 aromatic rings. The van der Waals surface area contributed by atoms with Crippen LogP contribution in [0.3, 0.4) is 0 Å². The van der Waals surface area contributed by atoms with Crippen LogP contribution in [0.25, 0.3) is 0 Å². The summed E-state index contributed by atoms with van der Waals surface area (Å²) in [5, 5.41) is 3.87. The first-order valence-electron chi connectivity index (χ1n) is 8.72. The largest absolute Gasteiger partial charge is 0.490 e. The van der Waals surface area contributed by atoms with Crippen molar-refractivity contribution in [3.8, 4) is 11.5 Å². The normalized spacial score (nSPS) is 10.6. The fourth-order valence-corrected chi connectivity index (χ4v) is 2.80. The number of benzene rings is 2. The van der Waals surface area contributed by atoms with E-state index in [9.17, 15) is 4.79 Å². The summed E-state index contributed by atoms with van der Waals surface area (Å²) in [5.74, 6) is 0.817. The summed E-state index contributed by atoms with van der Waals surface area (Å²) in [6, 6.07) is 11.1. The van der Waals surface area contributed by atoms with E-state index in [2.05, 4.69) is 5.32 Å². The van der Waals surface area contributed by atoms with Crippen molar-refractivity contribution in [2.75, 3.05) is 13.2 Å². The third-order valence-electron chi connectivity index (χ3n) is 3.69. The van der Waals surface area contributed by atoms with Gasteiger partial charge in [-0.15, -0.1) is 0 Å². The number of amides is 1. The van der Waals surface area contributed by atoms with Gasteiger partial charge in [-0.3, -0.25) is 4.79 Å². The Kier molecular flexibility index (Phi) is 7.75. The van der Waals surface area contributed by atoms with Crippen LogP contribution < -0.4 is 20.5 Å².